The van der Waals surface area contributed by atoms with Crippen LogP contribution in [0.25, 0.3) is 22.3 Å². The van der Waals surface area contributed by atoms with Crippen molar-refractivity contribution in [3.63, 3.8) is 0 Å². The van der Waals surface area contributed by atoms with E-state index < -0.39 is 16.7 Å². The van der Waals surface area contributed by atoms with Crippen molar-refractivity contribution in [3.8, 4) is 17.4 Å². The summed E-state index contributed by atoms with van der Waals surface area (Å²) >= 11 is 0. The molecule has 188 valence electrons. The molecule has 0 unspecified atom stereocenters. The number of anilines is 2. The molecule has 0 radical (unpaired) electrons. The van der Waals surface area contributed by atoms with Crippen molar-refractivity contribution in [1.29, 1.82) is 5.26 Å². The summed E-state index contributed by atoms with van der Waals surface area (Å²) in [6, 6.07) is 15.9. The van der Waals surface area contributed by atoms with Gasteiger partial charge in [-0.1, -0.05) is 6.07 Å². The summed E-state index contributed by atoms with van der Waals surface area (Å²) in [7, 11) is -1.55. The first-order chi connectivity index (χ1) is 17.8. The van der Waals surface area contributed by atoms with E-state index in [-0.39, 0.29) is 29.7 Å². The fraction of sp³-hybridized carbons (Fsp3) is 0.185. The number of furan rings is 1. The lowest BCUT2D eigenvalue weighted by Crippen LogP contribution is -2.22. The third kappa shape index (κ3) is 4.61. The van der Waals surface area contributed by atoms with Crippen molar-refractivity contribution < 1.29 is 22.0 Å². The minimum Gasteiger partial charge on any atom is -0.455 e. The van der Waals surface area contributed by atoms with Crippen molar-refractivity contribution in [3.05, 3.63) is 82.7 Å². The topological polar surface area (TPSA) is 129 Å². The molecule has 1 aromatic heterocycles. The summed E-state index contributed by atoms with van der Waals surface area (Å²) in [6.45, 7) is -0.00722. The molecule has 5 rings (SSSR count). The number of rotatable bonds is 7. The zero-order valence-electron chi connectivity index (χ0n) is 19.8. The van der Waals surface area contributed by atoms with E-state index in [9.17, 15) is 22.9 Å². The Hall–Kier alpha value is -4.36. The van der Waals surface area contributed by atoms with Gasteiger partial charge in [0.05, 0.1) is 23.4 Å². The van der Waals surface area contributed by atoms with Crippen LogP contribution in [0.3, 0.4) is 0 Å². The van der Waals surface area contributed by atoms with E-state index in [0.717, 1.165) is 18.4 Å². The second-order valence-corrected chi connectivity index (χ2v) is 9.86. The lowest BCUT2D eigenvalue weighted by Gasteiger charge is -2.21. The summed E-state index contributed by atoms with van der Waals surface area (Å²) < 4.78 is 45.9. The summed E-state index contributed by atoms with van der Waals surface area (Å²) in [5, 5.41) is 12.5. The molecule has 0 bridgehead atoms. The van der Waals surface area contributed by atoms with Crippen molar-refractivity contribution in [2.75, 3.05) is 17.1 Å². The van der Waals surface area contributed by atoms with Crippen LogP contribution in [0.15, 0.2) is 59.0 Å². The first-order valence-electron chi connectivity index (χ1n) is 11.6. The Morgan fingerprint density at radius 2 is 1.92 bits per heavy atom. The molecule has 37 heavy (non-hydrogen) atoms. The molecule has 0 saturated heterocycles. The van der Waals surface area contributed by atoms with Crippen LogP contribution in [-0.2, 0) is 17.4 Å². The van der Waals surface area contributed by atoms with Crippen LogP contribution in [0.5, 0.6) is 0 Å². The van der Waals surface area contributed by atoms with E-state index in [1.807, 2.05) is 12.1 Å². The number of carbonyl (C=O) groups is 1. The SMILES string of the molecule is CNC(=O)c1c(-c2ccc(F)cc2)oc2cc(N(Cc3ccc(N)c(C#N)c3)[SH](=O)=O)c(C3CC3)cc12. The van der Waals surface area contributed by atoms with Crippen molar-refractivity contribution >= 4 is 39.1 Å². The van der Waals surface area contributed by atoms with Gasteiger partial charge in [-0.25, -0.2) is 12.8 Å². The third-order valence-corrected chi connectivity index (χ3v) is 7.21. The Labute approximate surface area is 214 Å². The molecule has 4 aromatic rings. The molecular weight excluding hydrogens is 495 g/mol. The van der Waals surface area contributed by atoms with Gasteiger partial charge in [0, 0.05) is 29.8 Å². The number of carbonyl (C=O) groups excluding carboxylic acids is 1. The number of halogens is 1. The van der Waals surface area contributed by atoms with Crippen molar-refractivity contribution in [1.82, 2.24) is 5.32 Å². The van der Waals surface area contributed by atoms with Crippen LogP contribution >= 0.6 is 0 Å². The van der Waals surface area contributed by atoms with Crippen LogP contribution in [0.4, 0.5) is 15.8 Å². The summed E-state index contributed by atoms with van der Waals surface area (Å²) in [5.41, 5.74) is 9.39. The van der Waals surface area contributed by atoms with E-state index in [0.29, 0.717) is 39.0 Å². The van der Waals surface area contributed by atoms with E-state index in [1.54, 1.807) is 24.3 Å². The molecule has 1 amide bonds. The average molecular weight is 519 g/mol. The number of hydrogen-bond acceptors (Lipinski definition) is 6. The highest BCUT2D eigenvalue weighted by atomic mass is 32.2. The zero-order chi connectivity index (χ0) is 26.3. The Balaban J connectivity index is 1.69. The van der Waals surface area contributed by atoms with Gasteiger partial charge in [-0.2, -0.15) is 5.26 Å². The molecule has 0 atom stereocenters. The number of benzene rings is 3. The van der Waals surface area contributed by atoms with Crippen molar-refractivity contribution in [2.24, 2.45) is 0 Å². The minimum atomic E-state index is -3.06. The highest BCUT2D eigenvalue weighted by Crippen LogP contribution is 2.48. The van der Waals surface area contributed by atoms with Crippen LogP contribution in [0, 0.1) is 17.1 Å². The van der Waals surface area contributed by atoms with Crippen LogP contribution < -0.4 is 15.4 Å². The Kier molecular flexibility index (Phi) is 6.31. The first-order valence-corrected chi connectivity index (χ1v) is 12.7. The van der Waals surface area contributed by atoms with E-state index in [1.165, 1.54) is 35.6 Å². The van der Waals surface area contributed by atoms with Gasteiger partial charge in [0.25, 0.3) is 5.91 Å². The molecule has 3 aromatic carbocycles. The average Bonchev–Trinajstić information content (AvgIpc) is 3.67. The van der Waals surface area contributed by atoms with Gasteiger partial charge in [0.15, 0.2) is 0 Å². The van der Waals surface area contributed by atoms with Gasteiger partial charge in [0.2, 0.25) is 10.9 Å². The summed E-state index contributed by atoms with van der Waals surface area (Å²) in [6.07, 6.45) is 1.78. The Morgan fingerprint density at radius 1 is 1.19 bits per heavy atom. The second-order valence-electron chi connectivity index (χ2n) is 8.90. The fourth-order valence-corrected chi connectivity index (χ4v) is 5.08. The van der Waals surface area contributed by atoms with Crippen LogP contribution in [0.1, 0.15) is 45.8 Å². The monoisotopic (exact) mass is 518 g/mol. The molecular formula is C27H23FN4O4S. The standard InChI is InChI=1S/C27H23FN4O4S/c1-31-27(33)25-21-11-20(16-3-4-16)23(12-24(21)36-26(25)17-5-7-19(28)8-6-17)32(37(34)35)14-15-2-9-22(30)18(10-15)13-29/h2,5-12,16,37H,3-4,14,30H2,1H3,(H,31,33). The quantitative estimate of drug-likeness (QED) is 0.245. The number of fused-ring (bicyclic) bond motifs is 1. The molecule has 1 aliphatic rings. The smallest absolute Gasteiger partial charge is 0.255 e. The Morgan fingerprint density at radius 3 is 2.54 bits per heavy atom. The molecule has 1 heterocycles. The number of thiol groups is 1. The van der Waals surface area contributed by atoms with E-state index >= 15 is 0 Å². The normalized spacial score (nSPS) is 13.0. The Bertz CT molecular complexity index is 1640. The van der Waals surface area contributed by atoms with Crippen LogP contribution in [-0.4, -0.2) is 21.4 Å². The molecule has 8 nitrogen and oxygen atoms in total. The number of amides is 1. The molecule has 1 fully saturated rings. The number of nitrogens with zero attached hydrogens (tertiary/aromatic N) is 2. The largest absolute Gasteiger partial charge is 0.455 e. The molecule has 0 aliphatic heterocycles. The molecule has 10 heteroatoms. The van der Waals surface area contributed by atoms with Gasteiger partial charge in [0.1, 0.15) is 23.2 Å². The number of nitrogens with two attached hydrogens (primary N) is 1. The second kappa shape index (κ2) is 9.59. The predicted molar refractivity (Wildman–Crippen MR) is 139 cm³/mol. The molecule has 0 spiro atoms. The maximum Gasteiger partial charge on any atom is 0.255 e. The van der Waals surface area contributed by atoms with Gasteiger partial charge in [-0.05, 0) is 72.4 Å². The number of nitrogen functional groups attached to an aromatic ring is 1. The maximum absolute atomic E-state index is 13.5. The number of hydrogen-bond donors (Lipinski definition) is 3. The lowest BCUT2D eigenvalue weighted by molar-refractivity contribution is 0.0964. The molecule has 1 aliphatic carbocycles. The number of nitrogens with one attached hydrogen (secondary N) is 1. The highest BCUT2D eigenvalue weighted by molar-refractivity contribution is 7.74. The fourth-order valence-electron chi connectivity index (χ4n) is 4.45. The highest BCUT2D eigenvalue weighted by Gasteiger charge is 2.32. The third-order valence-electron chi connectivity index (χ3n) is 6.46. The van der Waals surface area contributed by atoms with Crippen molar-refractivity contribution in [2.45, 2.75) is 25.3 Å². The van der Waals surface area contributed by atoms with Gasteiger partial charge in [-0.15, -0.1) is 0 Å². The zero-order valence-corrected chi connectivity index (χ0v) is 20.7. The first kappa shape index (κ1) is 24.3. The van der Waals surface area contributed by atoms with Gasteiger partial charge < -0.3 is 15.5 Å². The summed E-state index contributed by atoms with van der Waals surface area (Å²) in [4.78, 5) is 12.9. The molecule has 1 saturated carbocycles. The maximum atomic E-state index is 13.5. The van der Waals surface area contributed by atoms with Gasteiger partial charge >= 0.3 is 0 Å². The predicted octanol–water partition coefficient (Wildman–Crippen LogP) is 4.46. The van der Waals surface area contributed by atoms with Crippen LogP contribution in [0.2, 0.25) is 0 Å². The van der Waals surface area contributed by atoms with E-state index in [4.69, 9.17) is 10.2 Å². The van der Waals surface area contributed by atoms with E-state index in [2.05, 4.69) is 5.32 Å². The van der Waals surface area contributed by atoms with Gasteiger partial charge in [-0.3, -0.25) is 9.10 Å². The minimum absolute atomic E-state index is 0.00722. The lowest BCUT2D eigenvalue weighted by atomic mass is 10.00. The molecule has 3 N–H and O–H groups in total. The summed E-state index contributed by atoms with van der Waals surface area (Å²) in [5.74, 6) is -0.384. The number of nitriles is 1.